The van der Waals surface area contributed by atoms with E-state index in [0.717, 1.165) is 18.7 Å². The zero-order valence-corrected chi connectivity index (χ0v) is 11.6. The molecule has 2 aliphatic heterocycles. The molecule has 0 radical (unpaired) electrons. The number of aliphatic hydroxyl groups excluding tert-OH is 1. The van der Waals surface area contributed by atoms with Gasteiger partial charge >= 0.3 is 0 Å². The van der Waals surface area contributed by atoms with Gasteiger partial charge in [0.05, 0.1) is 11.8 Å². The van der Waals surface area contributed by atoms with Gasteiger partial charge in [-0.3, -0.25) is 4.79 Å². The summed E-state index contributed by atoms with van der Waals surface area (Å²) in [4.78, 5) is 13.9. The Balaban J connectivity index is 1.74. The number of carbonyl (C=O) groups is 1. The molecular formula is C15H20N2O3. The van der Waals surface area contributed by atoms with Crippen molar-refractivity contribution < 1.29 is 14.6 Å². The molecule has 1 amide bonds. The van der Waals surface area contributed by atoms with Crippen molar-refractivity contribution in [2.24, 2.45) is 0 Å². The summed E-state index contributed by atoms with van der Waals surface area (Å²) in [6, 6.07) is 5.48. The monoisotopic (exact) mass is 276 g/mol. The topological polar surface area (TPSA) is 61.8 Å². The number of hydrogen-bond donors (Lipinski definition) is 2. The molecule has 2 N–H and O–H groups in total. The zero-order valence-electron chi connectivity index (χ0n) is 11.6. The number of benzene rings is 1. The van der Waals surface area contributed by atoms with Crippen LogP contribution in [0.1, 0.15) is 31.4 Å². The molecule has 0 bridgehead atoms. The Hall–Kier alpha value is -1.59. The van der Waals surface area contributed by atoms with Gasteiger partial charge in [-0.2, -0.15) is 0 Å². The minimum atomic E-state index is -0.533. The summed E-state index contributed by atoms with van der Waals surface area (Å²) in [5.41, 5.74) is 1.46. The molecule has 5 heteroatoms. The SMILES string of the molecule is CC1Oc2ccc(C(O)CN3CCCC3)cc2NC1=O. The van der Waals surface area contributed by atoms with Crippen LogP contribution in [0.4, 0.5) is 5.69 Å². The lowest BCUT2D eigenvalue weighted by Gasteiger charge is -2.25. The Morgan fingerprint density at radius 2 is 2.20 bits per heavy atom. The van der Waals surface area contributed by atoms with Gasteiger partial charge in [-0.05, 0) is 50.6 Å². The summed E-state index contributed by atoms with van der Waals surface area (Å²) < 4.78 is 5.51. The van der Waals surface area contributed by atoms with Gasteiger partial charge in [0, 0.05) is 6.54 Å². The quantitative estimate of drug-likeness (QED) is 0.879. The maximum Gasteiger partial charge on any atom is 0.265 e. The maximum atomic E-state index is 11.6. The number of nitrogens with zero attached hydrogens (tertiary/aromatic N) is 1. The zero-order chi connectivity index (χ0) is 14.1. The number of anilines is 1. The van der Waals surface area contributed by atoms with Crippen molar-refractivity contribution in [1.29, 1.82) is 0 Å². The fourth-order valence-corrected chi connectivity index (χ4v) is 2.75. The van der Waals surface area contributed by atoms with Crippen molar-refractivity contribution in [1.82, 2.24) is 4.90 Å². The van der Waals surface area contributed by atoms with Gasteiger partial charge in [0.25, 0.3) is 5.91 Å². The van der Waals surface area contributed by atoms with E-state index in [-0.39, 0.29) is 5.91 Å². The number of aliphatic hydroxyl groups is 1. The van der Waals surface area contributed by atoms with E-state index >= 15 is 0 Å². The number of nitrogens with one attached hydrogen (secondary N) is 1. The first-order valence-electron chi connectivity index (χ1n) is 7.15. The third kappa shape index (κ3) is 2.64. The minimum Gasteiger partial charge on any atom is -0.479 e. The smallest absolute Gasteiger partial charge is 0.265 e. The number of β-amino-alcohol motifs (C(OH)–C–C–N with tert-alkyl or cyclic N) is 1. The second-order valence-corrected chi connectivity index (χ2v) is 5.53. The Labute approximate surface area is 118 Å². The van der Waals surface area contributed by atoms with Crippen LogP contribution in [0.15, 0.2) is 18.2 Å². The third-order valence-corrected chi connectivity index (χ3v) is 3.95. The second kappa shape index (κ2) is 5.42. The van der Waals surface area contributed by atoms with E-state index in [0.29, 0.717) is 18.0 Å². The number of fused-ring (bicyclic) bond motifs is 1. The van der Waals surface area contributed by atoms with Crippen LogP contribution < -0.4 is 10.1 Å². The molecule has 2 unspecified atom stereocenters. The maximum absolute atomic E-state index is 11.6. The number of carbonyl (C=O) groups excluding carboxylic acids is 1. The number of rotatable bonds is 3. The first-order chi connectivity index (χ1) is 9.63. The molecule has 0 spiro atoms. The predicted molar refractivity (Wildman–Crippen MR) is 75.8 cm³/mol. The number of hydrogen-bond acceptors (Lipinski definition) is 4. The van der Waals surface area contributed by atoms with E-state index < -0.39 is 12.2 Å². The fourth-order valence-electron chi connectivity index (χ4n) is 2.75. The van der Waals surface area contributed by atoms with Gasteiger partial charge < -0.3 is 20.1 Å². The van der Waals surface area contributed by atoms with Crippen LogP contribution in [-0.4, -0.2) is 41.7 Å². The highest BCUT2D eigenvalue weighted by atomic mass is 16.5. The highest BCUT2D eigenvalue weighted by Crippen LogP contribution is 2.32. The van der Waals surface area contributed by atoms with E-state index in [4.69, 9.17) is 4.74 Å². The van der Waals surface area contributed by atoms with Gasteiger partial charge in [0.2, 0.25) is 0 Å². The largest absolute Gasteiger partial charge is 0.479 e. The Morgan fingerprint density at radius 1 is 1.45 bits per heavy atom. The van der Waals surface area contributed by atoms with Crippen molar-refractivity contribution in [3.05, 3.63) is 23.8 Å². The van der Waals surface area contributed by atoms with Crippen LogP contribution in [0, 0.1) is 0 Å². The molecular weight excluding hydrogens is 256 g/mol. The highest BCUT2D eigenvalue weighted by molar-refractivity contribution is 5.97. The van der Waals surface area contributed by atoms with Gasteiger partial charge in [-0.25, -0.2) is 0 Å². The van der Waals surface area contributed by atoms with E-state index in [1.165, 1.54) is 12.8 Å². The lowest BCUT2D eigenvalue weighted by atomic mass is 10.1. The lowest BCUT2D eigenvalue weighted by molar-refractivity contribution is -0.122. The predicted octanol–water partition coefficient (Wildman–Crippen LogP) is 1.54. The molecule has 2 aliphatic rings. The summed E-state index contributed by atoms with van der Waals surface area (Å²) in [6.07, 6.45) is 1.41. The minimum absolute atomic E-state index is 0.149. The first kappa shape index (κ1) is 13.4. The molecule has 2 atom stereocenters. The van der Waals surface area contributed by atoms with Crippen molar-refractivity contribution in [3.63, 3.8) is 0 Å². The molecule has 0 saturated carbocycles. The number of likely N-dealkylation sites (tertiary alicyclic amines) is 1. The molecule has 108 valence electrons. The summed E-state index contributed by atoms with van der Waals surface area (Å²) in [5.74, 6) is 0.512. The molecule has 0 aliphatic carbocycles. The van der Waals surface area contributed by atoms with Crippen molar-refractivity contribution in [3.8, 4) is 5.75 Å². The molecule has 1 saturated heterocycles. The number of amides is 1. The highest BCUT2D eigenvalue weighted by Gasteiger charge is 2.25. The Bertz CT molecular complexity index is 512. The average Bonchev–Trinajstić information content (AvgIpc) is 2.92. The molecule has 0 aromatic heterocycles. The molecule has 3 rings (SSSR count). The molecule has 20 heavy (non-hydrogen) atoms. The standard InChI is InChI=1S/C15H20N2O3/c1-10-15(19)16-12-8-11(4-5-14(12)20-10)13(18)9-17-6-2-3-7-17/h4-5,8,10,13,18H,2-3,6-7,9H2,1H3,(H,16,19). The van der Waals surface area contributed by atoms with Crippen LogP contribution in [0.3, 0.4) is 0 Å². The van der Waals surface area contributed by atoms with Gasteiger partial charge in [-0.15, -0.1) is 0 Å². The molecule has 1 aromatic rings. The molecule has 2 heterocycles. The van der Waals surface area contributed by atoms with Gasteiger partial charge in [0.15, 0.2) is 6.10 Å². The summed E-state index contributed by atoms with van der Waals surface area (Å²) in [5, 5.41) is 13.1. The van der Waals surface area contributed by atoms with E-state index in [2.05, 4.69) is 10.2 Å². The van der Waals surface area contributed by atoms with Crippen LogP contribution in [-0.2, 0) is 4.79 Å². The fraction of sp³-hybridized carbons (Fsp3) is 0.533. The molecule has 1 aromatic carbocycles. The molecule has 5 nitrogen and oxygen atoms in total. The van der Waals surface area contributed by atoms with Gasteiger partial charge in [-0.1, -0.05) is 6.07 Å². The Kier molecular flexibility index (Phi) is 3.63. The average molecular weight is 276 g/mol. The van der Waals surface area contributed by atoms with Crippen LogP contribution in [0.25, 0.3) is 0 Å². The lowest BCUT2D eigenvalue weighted by Crippen LogP contribution is -2.34. The van der Waals surface area contributed by atoms with E-state index in [1.54, 1.807) is 13.0 Å². The van der Waals surface area contributed by atoms with Crippen molar-refractivity contribution >= 4 is 11.6 Å². The number of ether oxygens (including phenoxy) is 1. The van der Waals surface area contributed by atoms with Crippen molar-refractivity contribution in [2.75, 3.05) is 25.0 Å². The first-order valence-corrected chi connectivity index (χ1v) is 7.15. The Morgan fingerprint density at radius 3 is 2.95 bits per heavy atom. The molecule has 1 fully saturated rings. The third-order valence-electron chi connectivity index (χ3n) is 3.95. The van der Waals surface area contributed by atoms with E-state index in [1.807, 2.05) is 12.1 Å². The van der Waals surface area contributed by atoms with Crippen LogP contribution in [0.5, 0.6) is 5.75 Å². The summed E-state index contributed by atoms with van der Waals surface area (Å²) in [6.45, 7) is 4.47. The summed E-state index contributed by atoms with van der Waals surface area (Å²) >= 11 is 0. The van der Waals surface area contributed by atoms with Crippen LogP contribution in [0.2, 0.25) is 0 Å². The van der Waals surface area contributed by atoms with Gasteiger partial charge in [0.1, 0.15) is 5.75 Å². The summed E-state index contributed by atoms with van der Waals surface area (Å²) in [7, 11) is 0. The van der Waals surface area contributed by atoms with E-state index in [9.17, 15) is 9.90 Å². The second-order valence-electron chi connectivity index (χ2n) is 5.53. The normalized spacial score (nSPS) is 23.9. The van der Waals surface area contributed by atoms with Crippen molar-refractivity contribution in [2.45, 2.75) is 32.0 Å². The van der Waals surface area contributed by atoms with Crippen LogP contribution >= 0.6 is 0 Å².